The van der Waals surface area contributed by atoms with E-state index in [1.54, 1.807) is 43.3 Å². The molecule has 0 bridgehead atoms. The number of hydrogen-bond donors (Lipinski definition) is 1. The van der Waals surface area contributed by atoms with Crippen LogP contribution in [0.15, 0.2) is 95.9 Å². The summed E-state index contributed by atoms with van der Waals surface area (Å²) in [6.45, 7) is 3.13. The third kappa shape index (κ3) is 8.51. The van der Waals surface area contributed by atoms with Crippen LogP contribution in [0.1, 0.15) is 23.6 Å². The normalized spacial score (nSPS) is 12.0. The monoisotopic (exact) mass is 705 g/mol. The smallest absolute Gasteiger partial charge is 0.264 e. The molecule has 0 heterocycles. The second-order valence-corrected chi connectivity index (χ2v) is 13.7. The summed E-state index contributed by atoms with van der Waals surface area (Å²) in [5.74, 6) is -1.08. The van der Waals surface area contributed by atoms with Crippen LogP contribution >= 0.6 is 46.4 Å². The van der Waals surface area contributed by atoms with Gasteiger partial charge in [-0.15, -0.1) is 0 Å². The molecule has 7 nitrogen and oxygen atoms in total. The van der Waals surface area contributed by atoms with Crippen LogP contribution < -0.4 is 9.62 Å². The average Bonchev–Trinajstić information content (AvgIpc) is 3.01. The van der Waals surface area contributed by atoms with Crippen molar-refractivity contribution >= 4 is 73.9 Å². The number of carbonyl (C=O) groups is 2. The van der Waals surface area contributed by atoms with E-state index in [4.69, 9.17) is 46.4 Å². The second-order valence-electron chi connectivity index (χ2n) is 10.3. The van der Waals surface area contributed by atoms with E-state index in [9.17, 15) is 18.0 Å². The van der Waals surface area contributed by atoms with Crippen LogP contribution in [0, 0.1) is 6.92 Å². The number of nitrogens with zero attached hydrogens (tertiary/aromatic N) is 2. The van der Waals surface area contributed by atoms with Gasteiger partial charge in [-0.25, -0.2) is 8.42 Å². The van der Waals surface area contributed by atoms with Crippen molar-refractivity contribution < 1.29 is 18.0 Å². The molecule has 0 aliphatic rings. The van der Waals surface area contributed by atoms with Gasteiger partial charge in [-0.1, -0.05) is 107 Å². The minimum atomic E-state index is -4.34. The largest absolute Gasteiger partial charge is 0.355 e. The van der Waals surface area contributed by atoms with Gasteiger partial charge in [-0.2, -0.15) is 0 Å². The van der Waals surface area contributed by atoms with E-state index in [1.165, 1.54) is 29.2 Å². The van der Waals surface area contributed by atoms with Gasteiger partial charge in [-0.05, 0) is 61.4 Å². The number of amides is 2. The van der Waals surface area contributed by atoms with Crippen molar-refractivity contribution in [2.75, 3.05) is 17.4 Å². The predicted octanol–water partition coefficient (Wildman–Crippen LogP) is 7.58. The summed E-state index contributed by atoms with van der Waals surface area (Å²) in [6.07, 6.45) is 0.159. The number of rotatable bonds is 12. The van der Waals surface area contributed by atoms with Gasteiger partial charge in [0.2, 0.25) is 11.8 Å². The highest BCUT2D eigenvalue weighted by molar-refractivity contribution is 7.92. The maximum atomic E-state index is 14.5. The maximum absolute atomic E-state index is 14.5. The Kier molecular flexibility index (Phi) is 11.8. The van der Waals surface area contributed by atoms with Gasteiger partial charge < -0.3 is 10.2 Å². The molecule has 12 heteroatoms. The molecule has 0 saturated heterocycles. The number of halogens is 4. The molecule has 0 saturated carbocycles. The van der Waals surface area contributed by atoms with Gasteiger partial charge in [0.1, 0.15) is 12.6 Å². The Bertz CT molecular complexity index is 1770. The number of hydrogen-bond acceptors (Lipinski definition) is 4. The molecule has 4 aromatic carbocycles. The number of likely N-dealkylation sites (N-methyl/N-ethyl adjacent to an activating group) is 1. The lowest BCUT2D eigenvalue weighted by Crippen LogP contribution is -2.53. The van der Waals surface area contributed by atoms with E-state index in [2.05, 4.69) is 5.32 Å². The summed E-state index contributed by atoms with van der Waals surface area (Å²) >= 11 is 25.5. The molecule has 0 aromatic heterocycles. The van der Waals surface area contributed by atoms with Crippen LogP contribution in [0.25, 0.3) is 0 Å². The first kappa shape index (κ1) is 34.6. The first-order valence-electron chi connectivity index (χ1n) is 14.0. The van der Waals surface area contributed by atoms with Crippen molar-refractivity contribution in [3.05, 3.63) is 128 Å². The lowest BCUT2D eigenvalue weighted by molar-refractivity contribution is -0.140. The fourth-order valence-electron chi connectivity index (χ4n) is 4.72. The third-order valence-electron chi connectivity index (χ3n) is 7.07. The quantitative estimate of drug-likeness (QED) is 0.165. The van der Waals surface area contributed by atoms with Gasteiger partial charge in [0, 0.05) is 29.6 Å². The van der Waals surface area contributed by atoms with E-state index in [1.807, 2.05) is 37.3 Å². The van der Waals surface area contributed by atoms with Crippen LogP contribution in [-0.4, -0.2) is 44.3 Å². The highest BCUT2D eigenvalue weighted by atomic mass is 35.5. The Morgan fingerprint density at radius 2 is 1.53 bits per heavy atom. The molecule has 0 aliphatic heterocycles. The molecule has 0 fully saturated rings. The second kappa shape index (κ2) is 15.3. The lowest BCUT2D eigenvalue weighted by Gasteiger charge is -2.34. The predicted molar refractivity (Wildman–Crippen MR) is 182 cm³/mol. The Hall–Kier alpha value is -3.27. The summed E-state index contributed by atoms with van der Waals surface area (Å²) in [5, 5.41) is 3.57. The first-order valence-corrected chi connectivity index (χ1v) is 17.0. The minimum Gasteiger partial charge on any atom is -0.355 e. The molecule has 236 valence electrons. The first-order chi connectivity index (χ1) is 21.4. The van der Waals surface area contributed by atoms with Gasteiger partial charge in [0.25, 0.3) is 10.0 Å². The topological polar surface area (TPSA) is 86.8 Å². The number of anilines is 1. The van der Waals surface area contributed by atoms with Crippen molar-refractivity contribution in [1.29, 1.82) is 0 Å². The van der Waals surface area contributed by atoms with Crippen LogP contribution in [0.4, 0.5) is 5.69 Å². The zero-order valence-electron chi connectivity index (χ0n) is 24.5. The summed E-state index contributed by atoms with van der Waals surface area (Å²) in [5.41, 5.74) is 2.19. The maximum Gasteiger partial charge on any atom is 0.264 e. The molecule has 0 aliphatic carbocycles. The molecule has 45 heavy (non-hydrogen) atoms. The van der Waals surface area contributed by atoms with Crippen LogP contribution in [0.3, 0.4) is 0 Å². The number of nitrogens with one attached hydrogen (secondary N) is 1. The minimum absolute atomic E-state index is 0.0141. The van der Waals surface area contributed by atoms with E-state index in [0.717, 1.165) is 15.4 Å². The van der Waals surface area contributed by atoms with Crippen LogP contribution in [0.5, 0.6) is 0 Å². The van der Waals surface area contributed by atoms with Crippen molar-refractivity contribution in [3.8, 4) is 0 Å². The Morgan fingerprint density at radius 3 is 2.18 bits per heavy atom. The van der Waals surface area contributed by atoms with E-state index in [-0.39, 0.29) is 38.6 Å². The van der Waals surface area contributed by atoms with Gasteiger partial charge in [-0.3, -0.25) is 13.9 Å². The number of sulfonamides is 1. The number of benzene rings is 4. The van der Waals surface area contributed by atoms with Crippen molar-refractivity contribution in [2.45, 2.75) is 37.8 Å². The molecule has 0 unspecified atom stereocenters. The lowest BCUT2D eigenvalue weighted by atomic mass is 10.0. The van der Waals surface area contributed by atoms with Crippen LogP contribution in [-0.2, 0) is 32.6 Å². The van der Waals surface area contributed by atoms with Crippen LogP contribution in [0.2, 0.25) is 20.1 Å². The van der Waals surface area contributed by atoms with Crippen molar-refractivity contribution in [1.82, 2.24) is 10.2 Å². The molecular formula is C33H31Cl4N3O4S. The molecule has 4 aromatic rings. The Labute approximate surface area is 283 Å². The number of aryl methyl sites for hydroxylation is 1. The van der Waals surface area contributed by atoms with Gasteiger partial charge in [0.05, 0.1) is 20.6 Å². The molecule has 1 N–H and O–H groups in total. The Balaban J connectivity index is 1.85. The zero-order chi connectivity index (χ0) is 32.7. The molecular weight excluding hydrogens is 676 g/mol. The standard InChI is InChI=1S/C33H31Cl4N3O4S/c1-3-38-33(42)30(18-23-8-5-4-6-9-23)39(20-24-14-15-25(34)19-28(24)36)31(41)21-40(29-11-7-10-27(35)32(29)37)45(43,44)26-16-12-22(2)13-17-26/h4-17,19,30H,3,18,20-21H2,1-2H3,(H,38,42)/t30-/m1/s1. The third-order valence-corrected chi connectivity index (χ3v) is 10.2. The SMILES string of the molecule is CCNC(=O)[C@@H](Cc1ccccc1)N(Cc1ccc(Cl)cc1Cl)C(=O)CN(c1cccc(Cl)c1Cl)S(=O)(=O)c1ccc(C)cc1. The average molecular weight is 708 g/mol. The molecule has 0 spiro atoms. The summed E-state index contributed by atoms with van der Waals surface area (Å²) < 4.78 is 29.2. The van der Waals surface area contributed by atoms with Gasteiger partial charge in [0.15, 0.2) is 0 Å². The highest BCUT2D eigenvalue weighted by Crippen LogP contribution is 2.36. The fourth-order valence-corrected chi connectivity index (χ4v) is 7.06. The molecule has 4 rings (SSSR count). The van der Waals surface area contributed by atoms with Crippen molar-refractivity contribution in [3.63, 3.8) is 0 Å². The zero-order valence-corrected chi connectivity index (χ0v) is 28.4. The van der Waals surface area contributed by atoms with Gasteiger partial charge >= 0.3 is 0 Å². The van der Waals surface area contributed by atoms with E-state index in [0.29, 0.717) is 17.1 Å². The van der Waals surface area contributed by atoms with Crippen molar-refractivity contribution in [2.24, 2.45) is 0 Å². The Morgan fingerprint density at radius 1 is 0.844 bits per heavy atom. The number of carbonyl (C=O) groups excluding carboxylic acids is 2. The highest BCUT2D eigenvalue weighted by Gasteiger charge is 2.35. The summed E-state index contributed by atoms with van der Waals surface area (Å²) in [6, 6.07) is 23.8. The fraction of sp³-hybridized carbons (Fsp3) is 0.212. The summed E-state index contributed by atoms with van der Waals surface area (Å²) in [4.78, 5) is 29.4. The van der Waals surface area contributed by atoms with E-state index < -0.39 is 34.4 Å². The van der Waals surface area contributed by atoms with E-state index >= 15 is 0 Å². The summed E-state index contributed by atoms with van der Waals surface area (Å²) in [7, 11) is -4.34. The molecule has 1 atom stereocenters. The molecule has 2 amide bonds. The molecule has 0 radical (unpaired) electrons.